The zero-order valence-electron chi connectivity index (χ0n) is 24.4. The second-order valence-electron chi connectivity index (χ2n) is 12.2. The lowest BCUT2D eigenvalue weighted by Gasteiger charge is -2.27. The van der Waals surface area contributed by atoms with Gasteiger partial charge < -0.3 is 19.2 Å². The van der Waals surface area contributed by atoms with E-state index in [1.54, 1.807) is 11.3 Å². The van der Waals surface area contributed by atoms with Gasteiger partial charge in [0.15, 0.2) is 0 Å². The lowest BCUT2D eigenvalue weighted by Crippen LogP contribution is -2.37. The monoisotopic (exact) mass is 527 g/mol. The highest BCUT2D eigenvalue weighted by Crippen LogP contribution is 2.26. The summed E-state index contributed by atoms with van der Waals surface area (Å²) >= 11 is 1.70. The molecule has 0 saturated heterocycles. The first-order valence-corrected chi connectivity index (χ1v) is 14.1. The first-order valence-electron chi connectivity index (χ1n) is 13.3. The highest BCUT2D eigenvalue weighted by Gasteiger charge is 2.20. The SMILES string of the molecule is CC1=C/C(=C/c2sc3cc(C(=O)NCCC[N+](C)(C)C)ccc3[n+]2C)N=C(CCCC[N+](C)(C)C)N1C. The normalized spacial score (nSPS) is 15.8. The predicted molar refractivity (Wildman–Crippen MR) is 157 cm³/mol. The van der Waals surface area contributed by atoms with Gasteiger partial charge in [0, 0.05) is 49.8 Å². The number of hydrogen-bond donors (Lipinski definition) is 1. The number of nitrogens with zero attached hydrogens (tertiary/aromatic N) is 5. The lowest BCUT2D eigenvalue weighted by atomic mass is 10.1. The largest absolute Gasteiger partial charge is 0.352 e. The van der Waals surface area contributed by atoms with Crippen LogP contribution in [0.3, 0.4) is 0 Å². The number of unbranched alkanes of at least 4 members (excludes halogenated alkanes) is 1. The van der Waals surface area contributed by atoms with E-state index in [1.807, 2.05) is 18.2 Å². The quantitative estimate of drug-likeness (QED) is 0.273. The molecule has 1 aliphatic heterocycles. The molecule has 0 spiro atoms. The smallest absolute Gasteiger partial charge is 0.264 e. The second-order valence-corrected chi connectivity index (χ2v) is 13.3. The molecule has 3 rings (SSSR count). The first-order chi connectivity index (χ1) is 17.2. The fourth-order valence-electron chi connectivity index (χ4n) is 4.36. The molecule has 0 fully saturated rings. The number of carbonyl (C=O) groups is 1. The van der Waals surface area contributed by atoms with E-state index in [2.05, 4.69) is 90.2 Å². The number of fused-ring (bicyclic) bond motifs is 1. The maximum atomic E-state index is 12.7. The zero-order valence-corrected chi connectivity index (χ0v) is 25.2. The summed E-state index contributed by atoms with van der Waals surface area (Å²) in [6.07, 6.45) is 8.58. The summed E-state index contributed by atoms with van der Waals surface area (Å²) in [7, 11) is 17.4. The summed E-state index contributed by atoms with van der Waals surface area (Å²) in [6, 6.07) is 5.98. The van der Waals surface area contributed by atoms with Crippen LogP contribution in [0.2, 0.25) is 0 Å². The van der Waals surface area contributed by atoms with E-state index >= 15 is 0 Å². The Bertz CT molecular complexity index is 1210. The van der Waals surface area contributed by atoms with Crippen molar-refractivity contribution in [3.63, 3.8) is 0 Å². The Labute approximate surface area is 227 Å². The zero-order chi connectivity index (χ0) is 27.4. The van der Waals surface area contributed by atoms with Gasteiger partial charge in [-0.15, -0.1) is 0 Å². The van der Waals surface area contributed by atoms with Crippen LogP contribution < -0.4 is 9.88 Å². The van der Waals surface area contributed by atoms with Crippen LogP contribution in [-0.4, -0.2) is 94.6 Å². The third-order valence-electron chi connectivity index (χ3n) is 6.70. The van der Waals surface area contributed by atoms with Gasteiger partial charge in [0.1, 0.15) is 17.6 Å². The Kier molecular flexibility index (Phi) is 9.32. The summed E-state index contributed by atoms with van der Waals surface area (Å²) in [5.41, 5.74) is 4.02. The van der Waals surface area contributed by atoms with Crippen LogP contribution in [0.4, 0.5) is 0 Å². The summed E-state index contributed by atoms with van der Waals surface area (Å²) in [5.74, 6) is 1.12. The van der Waals surface area contributed by atoms with E-state index in [0.29, 0.717) is 12.1 Å². The number of thiazole rings is 1. The summed E-state index contributed by atoms with van der Waals surface area (Å²) < 4.78 is 5.19. The Hall–Kier alpha value is -2.55. The molecule has 37 heavy (non-hydrogen) atoms. The molecule has 1 amide bonds. The van der Waals surface area contributed by atoms with Crippen LogP contribution in [0.25, 0.3) is 16.3 Å². The molecular weight excluding hydrogens is 480 g/mol. The topological polar surface area (TPSA) is 48.6 Å². The van der Waals surface area contributed by atoms with Crippen molar-refractivity contribution in [2.24, 2.45) is 12.0 Å². The fourth-order valence-corrected chi connectivity index (χ4v) is 5.50. The predicted octanol–water partition coefficient (Wildman–Crippen LogP) is 4.02. The Morgan fingerprint density at radius 2 is 1.76 bits per heavy atom. The van der Waals surface area contributed by atoms with E-state index < -0.39 is 0 Å². The molecule has 1 aliphatic rings. The van der Waals surface area contributed by atoms with Crippen LogP contribution in [0, 0.1) is 0 Å². The lowest BCUT2D eigenvalue weighted by molar-refractivity contribution is -0.870. The third kappa shape index (κ3) is 8.48. The molecule has 0 radical (unpaired) electrons. The molecule has 1 N–H and O–H groups in total. The van der Waals surface area contributed by atoms with Crippen LogP contribution in [0.15, 0.2) is 40.7 Å². The molecular formula is C29H47N6OS+3. The minimum Gasteiger partial charge on any atom is -0.352 e. The van der Waals surface area contributed by atoms with Gasteiger partial charge in [0.25, 0.3) is 10.9 Å². The van der Waals surface area contributed by atoms with Gasteiger partial charge in [-0.1, -0.05) is 11.3 Å². The van der Waals surface area contributed by atoms with Gasteiger partial charge in [0.05, 0.1) is 61.1 Å². The van der Waals surface area contributed by atoms with Gasteiger partial charge in [-0.2, -0.15) is 4.57 Å². The molecule has 0 bridgehead atoms. The minimum atomic E-state index is -0.00681. The van der Waals surface area contributed by atoms with Crippen molar-refractivity contribution in [1.82, 2.24) is 10.2 Å². The Balaban J connectivity index is 1.74. The van der Waals surface area contributed by atoms with E-state index in [4.69, 9.17) is 4.99 Å². The number of amides is 1. The fraction of sp³-hybridized carbons (Fsp3) is 0.552. The standard InChI is InChI=1S/C29H46N6OS/c1-22-19-24(31-27(32(22)2)13-10-11-17-34(4,5)6)21-28-33(3)25-15-14-23(20-26(25)37-28)29(36)30-16-12-18-35(7,8)9/h14-15,19-21H,10-13,16-18H2,1-9H3/q+2/p+1. The van der Waals surface area contributed by atoms with E-state index in [-0.39, 0.29) is 5.91 Å². The van der Waals surface area contributed by atoms with Crippen LogP contribution in [-0.2, 0) is 7.05 Å². The van der Waals surface area contributed by atoms with Gasteiger partial charge in [-0.05, 0) is 38.0 Å². The van der Waals surface area contributed by atoms with Gasteiger partial charge >= 0.3 is 0 Å². The molecule has 0 atom stereocenters. The van der Waals surface area contributed by atoms with E-state index in [1.165, 1.54) is 18.7 Å². The van der Waals surface area contributed by atoms with Crippen molar-refractivity contribution < 1.29 is 18.3 Å². The average molecular weight is 528 g/mol. The van der Waals surface area contributed by atoms with Gasteiger partial charge in [0.2, 0.25) is 5.52 Å². The molecule has 1 aromatic carbocycles. The summed E-state index contributed by atoms with van der Waals surface area (Å²) in [4.78, 5) is 19.9. The number of rotatable bonds is 11. The highest BCUT2D eigenvalue weighted by atomic mass is 32.1. The van der Waals surface area contributed by atoms with Gasteiger partial charge in [-0.3, -0.25) is 4.79 Å². The van der Waals surface area contributed by atoms with E-state index in [9.17, 15) is 4.79 Å². The average Bonchev–Trinajstić information content (AvgIpc) is 3.10. The number of amidine groups is 1. The Morgan fingerprint density at radius 1 is 1.08 bits per heavy atom. The maximum Gasteiger partial charge on any atom is 0.264 e. The molecule has 0 saturated carbocycles. The highest BCUT2D eigenvalue weighted by molar-refractivity contribution is 7.18. The third-order valence-corrected chi connectivity index (χ3v) is 7.85. The molecule has 2 aromatic rings. The van der Waals surface area contributed by atoms with Crippen LogP contribution >= 0.6 is 11.3 Å². The summed E-state index contributed by atoms with van der Waals surface area (Å²) in [5, 5.41) is 4.19. The molecule has 202 valence electrons. The van der Waals surface area contributed by atoms with Crippen molar-refractivity contribution in [3.05, 3.63) is 46.2 Å². The van der Waals surface area contributed by atoms with Crippen LogP contribution in [0.1, 0.15) is 48.0 Å². The molecule has 2 heterocycles. The van der Waals surface area contributed by atoms with Crippen molar-refractivity contribution in [3.8, 4) is 0 Å². The van der Waals surface area contributed by atoms with Crippen LogP contribution in [0.5, 0.6) is 0 Å². The van der Waals surface area contributed by atoms with Crippen molar-refractivity contribution in [2.75, 3.05) is 69.0 Å². The van der Waals surface area contributed by atoms with Crippen molar-refractivity contribution >= 4 is 39.4 Å². The number of hydrogen-bond acceptors (Lipinski definition) is 4. The number of nitrogens with one attached hydrogen (secondary N) is 1. The van der Waals surface area contributed by atoms with Crippen molar-refractivity contribution in [2.45, 2.75) is 32.6 Å². The Morgan fingerprint density at radius 3 is 2.43 bits per heavy atom. The van der Waals surface area contributed by atoms with Crippen molar-refractivity contribution in [1.29, 1.82) is 0 Å². The first kappa shape index (κ1) is 29.0. The number of benzene rings is 1. The number of aromatic nitrogens is 1. The number of aliphatic imine (C=N–C) groups is 1. The maximum absolute atomic E-state index is 12.7. The number of carbonyl (C=O) groups excluding carboxylic acids is 1. The summed E-state index contributed by atoms with van der Waals surface area (Å²) in [6.45, 7) is 5.03. The molecule has 8 heteroatoms. The minimum absolute atomic E-state index is 0.00681. The number of aryl methyl sites for hydroxylation is 1. The number of allylic oxidation sites excluding steroid dienone is 2. The molecule has 0 aliphatic carbocycles. The van der Waals surface area contributed by atoms with E-state index in [0.717, 1.165) is 61.5 Å². The second kappa shape index (κ2) is 11.9. The molecule has 0 unspecified atom stereocenters. The molecule has 1 aromatic heterocycles. The van der Waals surface area contributed by atoms with Gasteiger partial charge in [-0.25, -0.2) is 4.99 Å². The number of quaternary nitrogens is 2. The molecule has 7 nitrogen and oxygen atoms in total.